The van der Waals surface area contributed by atoms with Gasteiger partial charge in [-0.25, -0.2) is 0 Å². The lowest BCUT2D eigenvalue weighted by Crippen LogP contribution is -2.22. The van der Waals surface area contributed by atoms with Gasteiger partial charge in [0.2, 0.25) is 0 Å². The van der Waals surface area contributed by atoms with E-state index >= 15 is 0 Å². The van der Waals surface area contributed by atoms with Crippen molar-refractivity contribution in [2.75, 3.05) is 6.54 Å². The number of carbonyl (C=O) groups is 3. The second-order valence-electron chi connectivity index (χ2n) is 5.26. The smallest absolute Gasteiger partial charge is 0.303 e. The normalized spacial score (nSPS) is 14.0. The molecule has 0 atom stereocenters. The second kappa shape index (κ2) is 7.02. The SMILES string of the molecule is O=C(O)CCCCC(=O)c1ccc2c(c1)C(=O)NCCC2. The van der Waals surface area contributed by atoms with Crippen LogP contribution >= 0.6 is 0 Å². The fourth-order valence-corrected chi connectivity index (χ4v) is 2.46. The first kappa shape index (κ1) is 15.2. The molecule has 2 N–H and O–H groups in total. The van der Waals surface area contributed by atoms with E-state index in [1.165, 1.54) is 0 Å². The molecule has 0 saturated heterocycles. The van der Waals surface area contributed by atoms with Crippen LogP contribution < -0.4 is 5.32 Å². The monoisotopic (exact) mass is 289 g/mol. The summed E-state index contributed by atoms with van der Waals surface area (Å²) in [6.45, 7) is 0.659. The minimum Gasteiger partial charge on any atom is -0.481 e. The molecule has 1 heterocycles. The van der Waals surface area contributed by atoms with Crippen molar-refractivity contribution in [3.05, 3.63) is 34.9 Å². The summed E-state index contributed by atoms with van der Waals surface area (Å²) in [5.41, 5.74) is 2.09. The van der Waals surface area contributed by atoms with Crippen molar-refractivity contribution >= 4 is 17.7 Å². The summed E-state index contributed by atoms with van der Waals surface area (Å²) in [6.07, 6.45) is 3.18. The minimum atomic E-state index is -0.843. The lowest BCUT2D eigenvalue weighted by molar-refractivity contribution is -0.137. The molecular formula is C16H19NO4. The number of Topliss-reactive ketones (excluding diaryl/α,β-unsaturated/α-hetero) is 1. The predicted molar refractivity (Wildman–Crippen MR) is 77.5 cm³/mol. The molecule has 1 aliphatic rings. The Morgan fingerprint density at radius 1 is 1.19 bits per heavy atom. The summed E-state index contributed by atoms with van der Waals surface area (Å²) in [6, 6.07) is 5.27. The fourth-order valence-electron chi connectivity index (χ4n) is 2.46. The topological polar surface area (TPSA) is 83.5 Å². The molecule has 2 rings (SSSR count). The maximum atomic E-state index is 12.1. The number of carbonyl (C=O) groups excluding carboxylic acids is 2. The average molecular weight is 289 g/mol. The Bertz CT molecular complexity index is 565. The Kier molecular flexibility index (Phi) is 5.09. The third-order valence-electron chi connectivity index (χ3n) is 3.63. The largest absolute Gasteiger partial charge is 0.481 e. The lowest BCUT2D eigenvalue weighted by Gasteiger charge is -2.07. The van der Waals surface area contributed by atoms with Crippen LogP contribution in [-0.4, -0.2) is 29.3 Å². The van der Waals surface area contributed by atoms with E-state index in [0.717, 1.165) is 18.4 Å². The number of nitrogens with one attached hydrogen (secondary N) is 1. The highest BCUT2D eigenvalue weighted by atomic mass is 16.4. The number of aryl methyl sites for hydroxylation is 1. The highest BCUT2D eigenvalue weighted by Crippen LogP contribution is 2.18. The van der Waals surface area contributed by atoms with E-state index in [1.807, 2.05) is 6.07 Å². The zero-order valence-electron chi connectivity index (χ0n) is 11.9. The summed E-state index contributed by atoms with van der Waals surface area (Å²) in [5, 5.41) is 11.4. The maximum absolute atomic E-state index is 12.1. The van der Waals surface area contributed by atoms with Crippen LogP contribution in [0.25, 0.3) is 0 Å². The molecule has 0 bridgehead atoms. The van der Waals surface area contributed by atoms with Gasteiger partial charge in [-0.05, 0) is 37.3 Å². The number of carboxylic acid groups (broad SMARTS) is 1. The molecule has 5 heteroatoms. The second-order valence-corrected chi connectivity index (χ2v) is 5.26. The van der Waals surface area contributed by atoms with Crippen molar-refractivity contribution < 1.29 is 19.5 Å². The van der Waals surface area contributed by atoms with E-state index in [2.05, 4.69) is 5.32 Å². The number of ketones is 1. The van der Waals surface area contributed by atoms with Gasteiger partial charge < -0.3 is 10.4 Å². The molecule has 1 amide bonds. The molecule has 0 spiro atoms. The van der Waals surface area contributed by atoms with Gasteiger partial charge in [0.15, 0.2) is 5.78 Å². The molecule has 0 fully saturated rings. The van der Waals surface area contributed by atoms with Crippen molar-refractivity contribution in [1.82, 2.24) is 5.32 Å². The first-order valence-corrected chi connectivity index (χ1v) is 7.24. The molecule has 0 saturated carbocycles. The summed E-state index contributed by atoms with van der Waals surface area (Å²) >= 11 is 0. The van der Waals surface area contributed by atoms with Crippen molar-refractivity contribution in [3.63, 3.8) is 0 Å². The molecule has 0 radical (unpaired) electrons. The average Bonchev–Trinajstić information content (AvgIpc) is 2.65. The minimum absolute atomic E-state index is 0.0414. The molecule has 1 aromatic carbocycles. The predicted octanol–water partition coefficient (Wildman–Crippen LogP) is 2.19. The van der Waals surface area contributed by atoms with Crippen LogP contribution in [0.5, 0.6) is 0 Å². The van der Waals surface area contributed by atoms with Gasteiger partial charge in [-0.1, -0.05) is 12.1 Å². The van der Waals surface area contributed by atoms with E-state index in [0.29, 0.717) is 36.9 Å². The van der Waals surface area contributed by atoms with Gasteiger partial charge in [-0.3, -0.25) is 14.4 Å². The van der Waals surface area contributed by atoms with Gasteiger partial charge in [-0.2, -0.15) is 0 Å². The van der Waals surface area contributed by atoms with E-state index in [4.69, 9.17) is 5.11 Å². The van der Waals surface area contributed by atoms with E-state index in [9.17, 15) is 14.4 Å². The number of benzene rings is 1. The molecule has 0 aromatic heterocycles. The van der Waals surface area contributed by atoms with Crippen LogP contribution in [0.15, 0.2) is 18.2 Å². The number of carboxylic acids is 1. The van der Waals surface area contributed by atoms with E-state index < -0.39 is 5.97 Å². The van der Waals surface area contributed by atoms with E-state index in [1.54, 1.807) is 12.1 Å². The molecular weight excluding hydrogens is 270 g/mol. The highest BCUT2D eigenvalue weighted by Gasteiger charge is 2.17. The van der Waals surface area contributed by atoms with Gasteiger partial charge in [-0.15, -0.1) is 0 Å². The number of hydrogen-bond acceptors (Lipinski definition) is 3. The summed E-state index contributed by atoms with van der Waals surface area (Å²) in [7, 11) is 0. The lowest BCUT2D eigenvalue weighted by atomic mass is 9.97. The molecule has 5 nitrogen and oxygen atoms in total. The Hall–Kier alpha value is -2.17. The number of fused-ring (bicyclic) bond motifs is 1. The number of unbranched alkanes of at least 4 members (excludes halogenated alkanes) is 1. The van der Waals surface area contributed by atoms with Crippen LogP contribution in [0.2, 0.25) is 0 Å². The molecule has 112 valence electrons. The fraction of sp³-hybridized carbons (Fsp3) is 0.438. The number of amides is 1. The highest BCUT2D eigenvalue weighted by molar-refractivity contribution is 6.01. The molecule has 21 heavy (non-hydrogen) atoms. The molecule has 0 aliphatic carbocycles. The third kappa shape index (κ3) is 4.15. The van der Waals surface area contributed by atoms with Crippen molar-refractivity contribution in [2.24, 2.45) is 0 Å². The number of aliphatic carboxylic acids is 1. The zero-order valence-corrected chi connectivity index (χ0v) is 11.9. The standard InChI is InChI=1S/C16H19NO4/c18-14(5-1-2-6-15(19)20)12-8-7-11-4-3-9-17-16(21)13(11)10-12/h7-8,10H,1-6,9H2,(H,17,21)(H,19,20). The number of hydrogen-bond donors (Lipinski definition) is 2. The van der Waals surface area contributed by atoms with Crippen LogP contribution in [0, 0.1) is 0 Å². The molecule has 1 aliphatic heterocycles. The van der Waals surface area contributed by atoms with Crippen molar-refractivity contribution in [2.45, 2.75) is 38.5 Å². The van der Waals surface area contributed by atoms with Gasteiger partial charge in [0.1, 0.15) is 0 Å². The van der Waals surface area contributed by atoms with Gasteiger partial charge in [0.25, 0.3) is 5.91 Å². The third-order valence-corrected chi connectivity index (χ3v) is 3.63. The first-order valence-electron chi connectivity index (χ1n) is 7.24. The van der Waals surface area contributed by atoms with Gasteiger partial charge in [0, 0.05) is 30.5 Å². The summed E-state index contributed by atoms with van der Waals surface area (Å²) in [5.74, 6) is -1.01. The van der Waals surface area contributed by atoms with Crippen molar-refractivity contribution in [3.8, 4) is 0 Å². The molecule has 0 unspecified atom stereocenters. The van der Waals surface area contributed by atoms with E-state index in [-0.39, 0.29) is 18.1 Å². The van der Waals surface area contributed by atoms with Gasteiger partial charge in [0.05, 0.1) is 0 Å². The number of rotatable bonds is 6. The zero-order chi connectivity index (χ0) is 15.2. The quantitative estimate of drug-likeness (QED) is 0.621. The summed E-state index contributed by atoms with van der Waals surface area (Å²) < 4.78 is 0. The van der Waals surface area contributed by atoms with Gasteiger partial charge >= 0.3 is 5.97 Å². The Morgan fingerprint density at radius 2 is 1.95 bits per heavy atom. The van der Waals surface area contributed by atoms with Crippen LogP contribution in [-0.2, 0) is 11.2 Å². The Labute approximate surface area is 123 Å². The Balaban J connectivity index is 2.02. The van der Waals surface area contributed by atoms with Crippen molar-refractivity contribution in [1.29, 1.82) is 0 Å². The van der Waals surface area contributed by atoms with Crippen LogP contribution in [0.4, 0.5) is 0 Å². The van der Waals surface area contributed by atoms with Crippen LogP contribution in [0.1, 0.15) is 58.4 Å². The van der Waals surface area contributed by atoms with Crippen LogP contribution in [0.3, 0.4) is 0 Å². The Morgan fingerprint density at radius 3 is 2.71 bits per heavy atom. The maximum Gasteiger partial charge on any atom is 0.303 e. The summed E-state index contributed by atoms with van der Waals surface area (Å²) in [4.78, 5) is 34.4. The molecule has 1 aromatic rings. The first-order chi connectivity index (χ1) is 10.1.